The number of para-hydroxylation sites is 1. The van der Waals surface area contributed by atoms with Crippen molar-refractivity contribution in [3.63, 3.8) is 0 Å². The molecular formula is C13H9BrF2N2O. The molecule has 1 amide bonds. The van der Waals surface area contributed by atoms with Crippen LogP contribution in [0.1, 0.15) is 10.4 Å². The molecule has 98 valence electrons. The molecule has 0 saturated carbocycles. The summed E-state index contributed by atoms with van der Waals surface area (Å²) in [6, 6.07) is 7.70. The molecule has 0 bridgehead atoms. The molecular weight excluding hydrogens is 318 g/mol. The van der Waals surface area contributed by atoms with Crippen LogP contribution in [0.2, 0.25) is 0 Å². The van der Waals surface area contributed by atoms with Gasteiger partial charge in [-0.1, -0.05) is 6.07 Å². The van der Waals surface area contributed by atoms with Gasteiger partial charge in [-0.2, -0.15) is 0 Å². The Hall–Kier alpha value is -1.95. The summed E-state index contributed by atoms with van der Waals surface area (Å²) in [6.45, 7) is 0. The third kappa shape index (κ3) is 2.90. The topological polar surface area (TPSA) is 55.1 Å². The van der Waals surface area contributed by atoms with Crippen molar-refractivity contribution in [3.05, 3.63) is 58.1 Å². The number of carbonyl (C=O) groups is 1. The number of hydrogen-bond donors (Lipinski definition) is 2. The quantitative estimate of drug-likeness (QED) is 0.829. The number of rotatable bonds is 2. The van der Waals surface area contributed by atoms with Crippen molar-refractivity contribution in [1.82, 2.24) is 0 Å². The number of nitrogens with one attached hydrogen (secondary N) is 1. The van der Waals surface area contributed by atoms with E-state index < -0.39 is 17.5 Å². The zero-order valence-electron chi connectivity index (χ0n) is 9.58. The standard InChI is InChI=1S/C13H9BrF2N2O/c14-9-2-1-3-10(16)12(9)18-13(19)8-5-4-7(15)6-11(8)17/h1-6H,17H2,(H,18,19). The Kier molecular flexibility index (Phi) is 3.80. The van der Waals surface area contributed by atoms with Crippen molar-refractivity contribution in [2.45, 2.75) is 0 Å². The number of benzene rings is 2. The Morgan fingerprint density at radius 2 is 1.95 bits per heavy atom. The van der Waals surface area contributed by atoms with Crippen LogP contribution >= 0.6 is 15.9 Å². The molecule has 2 aromatic carbocycles. The summed E-state index contributed by atoms with van der Waals surface area (Å²) in [5.74, 6) is -1.73. The monoisotopic (exact) mass is 326 g/mol. The van der Waals surface area contributed by atoms with Gasteiger partial charge in [0.15, 0.2) is 0 Å². The zero-order valence-corrected chi connectivity index (χ0v) is 11.2. The zero-order chi connectivity index (χ0) is 14.0. The molecule has 0 spiro atoms. The third-order valence-corrected chi connectivity index (χ3v) is 3.12. The summed E-state index contributed by atoms with van der Waals surface area (Å²) in [7, 11) is 0. The molecule has 0 heterocycles. The summed E-state index contributed by atoms with van der Waals surface area (Å²) in [4.78, 5) is 11.9. The molecule has 0 atom stereocenters. The van der Waals surface area contributed by atoms with E-state index in [4.69, 9.17) is 5.73 Å². The SMILES string of the molecule is Nc1cc(F)ccc1C(=O)Nc1c(F)cccc1Br. The lowest BCUT2D eigenvalue weighted by atomic mass is 10.1. The fraction of sp³-hybridized carbons (Fsp3) is 0. The van der Waals surface area contributed by atoms with Gasteiger partial charge in [0.2, 0.25) is 0 Å². The van der Waals surface area contributed by atoms with Crippen LogP contribution in [-0.4, -0.2) is 5.91 Å². The van der Waals surface area contributed by atoms with Gasteiger partial charge in [-0.05, 0) is 46.3 Å². The molecule has 0 aliphatic rings. The lowest BCUT2D eigenvalue weighted by molar-refractivity contribution is 0.102. The van der Waals surface area contributed by atoms with Crippen molar-refractivity contribution >= 4 is 33.2 Å². The average Bonchev–Trinajstić information content (AvgIpc) is 2.33. The van der Waals surface area contributed by atoms with Crippen molar-refractivity contribution < 1.29 is 13.6 Å². The van der Waals surface area contributed by atoms with Crippen LogP contribution in [0.4, 0.5) is 20.2 Å². The minimum Gasteiger partial charge on any atom is -0.398 e. The fourth-order valence-electron chi connectivity index (χ4n) is 1.54. The van der Waals surface area contributed by atoms with E-state index in [9.17, 15) is 13.6 Å². The van der Waals surface area contributed by atoms with Crippen LogP contribution < -0.4 is 11.1 Å². The number of nitrogen functional groups attached to an aromatic ring is 1. The maximum absolute atomic E-state index is 13.6. The minimum atomic E-state index is -0.608. The van der Waals surface area contributed by atoms with E-state index in [1.807, 2.05) is 0 Å². The van der Waals surface area contributed by atoms with Crippen LogP contribution in [0.3, 0.4) is 0 Å². The van der Waals surface area contributed by atoms with E-state index in [0.717, 1.165) is 12.1 Å². The fourth-order valence-corrected chi connectivity index (χ4v) is 1.98. The Labute approximate surface area is 116 Å². The van der Waals surface area contributed by atoms with Crippen LogP contribution in [-0.2, 0) is 0 Å². The Balaban J connectivity index is 2.31. The first kappa shape index (κ1) is 13.5. The first-order valence-corrected chi connectivity index (χ1v) is 6.08. The third-order valence-electron chi connectivity index (χ3n) is 2.46. The highest BCUT2D eigenvalue weighted by Gasteiger charge is 2.14. The van der Waals surface area contributed by atoms with Gasteiger partial charge in [-0.15, -0.1) is 0 Å². The lowest BCUT2D eigenvalue weighted by Crippen LogP contribution is -2.15. The molecule has 3 nitrogen and oxygen atoms in total. The maximum Gasteiger partial charge on any atom is 0.257 e. The molecule has 6 heteroatoms. The predicted molar refractivity (Wildman–Crippen MR) is 72.9 cm³/mol. The van der Waals surface area contributed by atoms with Crippen LogP contribution in [0.25, 0.3) is 0 Å². The van der Waals surface area contributed by atoms with E-state index in [1.54, 1.807) is 6.07 Å². The highest BCUT2D eigenvalue weighted by Crippen LogP contribution is 2.26. The van der Waals surface area contributed by atoms with Gasteiger partial charge in [0.25, 0.3) is 5.91 Å². The van der Waals surface area contributed by atoms with E-state index in [-0.39, 0.29) is 16.9 Å². The van der Waals surface area contributed by atoms with E-state index in [0.29, 0.717) is 4.47 Å². The van der Waals surface area contributed by atoms with Gasteiger partial charge in [-0.25, -0.2) is 8.78 Å². The number of anilines is 2. The summed E-state index contributed by atoms with van der Waals surface area (Å²) in [5, 5.41) is 2.39. The lowest BCUT2D eigenvalue weighted by Gasteiger charge is -2.10. The molecule has 19 heavy (non-hydrogen) atoms. The molecule has 0 aliphatic heterocycles. The minimum absolute atomic E-state index is 0.00929. The van der Waals surface area contributed by atoms with Crippen molar-refractivity contribution in [2.24, 2.45) is 0 Å². The highest BCUT2D eigenvalue weighted by atomic mass is 79.9. The second-order valence-electron chi connectivity index (χ2n) is 3.78. The Morgan fingerprint density at radius 1 is 1.21 bits per heavy atom. The van der Waals surface area contributed by atoms with Crippen molar-refractivity contribution in [3.8, 4) is 0 Å². The summed E-state index contributed by atoms with van der Waals surface area (Å²) >= 11 is 3.13. The first-order valence-electron chi connectivity index (χ1n) is 5.29. The molecule has 2 rings (SSSR count). The molecule has 3 N–H and O–H groups in total. The van der Waals surface area contributed by atoms with E-state index >= 15 is 0 Å². The summed E-state index contributed by atoms with van der Waals surface area (Å²) < 4.78 is 26.8. The van der Waals surface area contributed by atoms with Gasteiger partial charge in [0.05, 0.1) is 11.3 Å². The van der Waals surface area contributed by atoms with E-state index in [1.165, 1.54) is 18.2 Å². The average molecular weight is 327 g/mol. The summed E-state index contributed by atoms with van der Waals surface area (Å²) in [6.07, 6.45) is 0. The Morgan fingerprint density at radius 3 is 2.58 bits per heavy atom. The number of halogens is 3. The molecule has 0 fully saturated rings. The molecule has 0 unspecified atom stereocenters. The maximum atomic E-state index is 13.6. The van der Waals surface area contributed by atoms with Gasteiger partial charge >= 0.3 is 0 Å². The Bertz CT molecular complexity index is 626. The van der Waals surface area contributed by atoms with Gasteiger partial charge in [0.1, 0.15) is 11.6 Å². The number of hydrogen-bond acceptors (Lipinski definition) is 2. The molecule has 0 saturated heterocycles. The number of carbonyl (C=O) groups excluding carboxylic acids is 1. The number of nitrogens with two attached hydrogens (primary N) is 1. The van der Waals surface area contributed by atoms with Crippen molar-refractivity contribution in [2.75, 3.05) is 11.1 Å². The largest absolute Gasteiger partial charge is 0.398 e. The molecule has 0 aliphatic carbocycles. The number of amides is 1. The molecule has 2 aromatic rings. The van der Waals surface area contributed by atoms with Crippen LogP contribution in [0.15, 0.2) is 40.9 Å². The normalized spacial score (nSPS) is 10.3. The predicted octanol–water partition coefficient (Wildman–Crippen LogP) is 3.56. The molecule has 0 aromatic heterocycles. The van der Waals surface area contributed by atoms with Gasteiger partial charge < -0.3 is 11.1 Å². The summed E-state index contributed by atoms with van der Waals surface area (Å²) in [5.41, 5.74) is 5.63. The smallest absolute Gasteiger partial charge is 0.257 e. The van der Waals surface area contributed by atoms with Crippen molar-refractivity contribution in [1.29, 1.82) is 0 Å². The van der Waals surface area contributed by atoms with Crippen LogP contribution in [0, 0.1) is 11.6 Å². The second-order valence-corrected chi connectivity index (χ2v) is 4.64. The van der Waals surface area contributed by atoms with E-state index in [2.05, 4.69) is 21.2 Å². The van der Waals surface area contributed by atoms with Gasteiger partial charge in [-0.3, -0.25) is 4.79 Å². The second kappa shape index (κ2) is 5.36. The highest BCUT2D eigenvalue weighted by molar-refractivity contribution is 9.10. The van der Waals surface area contributed by atoms with Gasteiger partial charge in [0, 0.05) is 10.2 Å². The molecule has 0 radical (unpaired) electrons. The van der Waals surface area contributed by atoms with Crippen LogP contribution in [0.5, 0.6) is 0 Å². The first-order chi connectivity index (χ1) is 8.99.